The fraction of sp³-hybridized carbons (Fsp3) is 0.632. The van der Waals surface area contributed by atoms with Gasteiger partial charge in [-0.05, 0) is 18.9 Å². The maximum absolute atomic E-state index is 5.55. The van der Waals surface area contributed by atoms with Gasteiger partial charge in [-0.15, -0.1) is 0 Å². The van der Waals surface area contributed by atoms with Gasteiger partial charge in [0.2, 0.25) is 0 Å². The predicted octanol–water partition coefficient (Wildman–Crippen LogP) is 2.27. The fourth-order valence-corrected chi connectivity index (χ4v) is 3.84. The fourth-order valence-electron chi connectivity index (χ4n) is 3.84. The van der Waals surface area contributed by atoms with Crippen molar-refractivity contribution in [2.75, 3.05) is 41.0 Å². The molecular formula is C19H29N3O2. The van der Waals surface area contributed by atoms with Gasteiger partial charge in [-0.3, -0.25) is 4.99 Å². The molecule has 1 saturated heterocycles. The number of hydrogen-bond acceptors (Lipinski definition) is 3. The Morgan fingerprint density at radius 3 is 2.88 bits per heavy atom. The van der Waals surface area contributed by atoms with Gasteiger partial charge in [-0.25, -0.2) is 0 Å². The van der Waals surface area contributed by atoms with Crippen LogP contribution in [-0.4, -0.2) is 57.9 Å². The monoisotopic (exact) mass is 331 g/mol. The number of guanidine groups is 1. The number of ether oxygens (including phenoxy) is 2. The highest BCUT2D eigenvalue weighted by atomic mass is 16.5. The van der Waals surface area contributed by atoms with Crippen LogP contribution in [0.1, 0.15) is 25.3 Å². The zero-order valence-corrected chi connectivity index (χ0v) is 15.2. The number of benzene rings is 1. The molecule has 3 rings (SSSR count). The lowest BCUT2D eigenvalue weighted by atomic mass is 9.96. The van der Waals surface area contributed by atoms with Gasteiger partial charge in [0.25, 0.3) is 0 Å². The molecule has 1 heterocycles. The molecular weight excluding hydrogens is 302 g/mol. The second kappa shape index (κ2) is 7.01. The molecule has 1 aromatic rings. The Balaban J connectivity index is 1.65. The standard InChI is InChI=1S/C19H29N3O2/c1-19(15-7-5-6-8-16(15)24-4)11-17(19)21-18(20-2)22-10-9-14(12-22)13-23-3/h5-8,14,17H,9-13H2,1-4H3,(H,20,21). The van der Waals surface area contributed by atoms with E-state index in [-0.39, 0.29) is 5.41 Å². The molecule has 2 fully saturated rings. The van der Waals surface area contributed by atoms with Crippen molar-refractivity contribution < 1.29 is 9.47 Å². The third-order valence-electron chi connectivity index (χ3n) is 5.46. The summed E-state index contributed by atoms with van der Waals surface area (Å²) < 4.78 is 10.8. The highest BCUT2D eigenvalue weighted by molar-refractivity contribution is 5.81. The molecule has 3 unspecified atom stereocenters. The smallest absolute Gasteiger partial charge is 0.193 e. The molecule has 132 valence electrons. The minimum absolute atomic E-state index is 0.105. The second-order valence-corrected chi connectivity index (χ2v) is 7.12. The highest BCUT2D eigenvalue weighted by Gasteiger charge is 2.53. The van der Waals surface area contributed by atoms with Crippen molar-refractivity contribution in [2.24, 2.45) is 10.9 Å². The normalized spacial score (nSPS) is 29.7. The van der Waals surface area contributed by atoms with Crippen LogP contribution in [0.15, 0.2) is 29.3 Å². The van der Waals surface area contributed by atoms with Crippen LogP contribution >= 0.6 is 0 Å². The number of rotatable bonds is 5. The van der Waals surface area contributed by atoms with Gasteiger partial charge < -0.3 is 19.7 Å². The van der Waals surface area contributed by atoms with E-state index in [2.05, 4.69) is 34.3 Å². The molecule has 0 amide bonds. The first-order valence-corrected chi connectivity index (χ1v) is 8.73. The van der Waals surface area contributed by atoms with Crippen molar-refractivity contribution in [1.29, 1.82) is 0 Å². The summed E-state index contributed by atoms with van der Waals surface area (Å²) in [7, 11) is 5.39. The van der Waals surface area contributed by atoms with Gasteiger partial charge >= 0.3 is 0 Å². The van der Waals surface area contributed by atoms with E-state index in [1.807, 2.05) is 19.2 Å². The molecule has 5 heteroatoms. The summed E-state index contributed by atoms with van der Waals surface area (Å²) in [5.74, 6) is 2.59. The number of aliphatic imine (C=N–C) groups is 1. The molecule has 1 aliphatic carbocycles. The molecule has 0 aromatic heterocycles. The van der Waals surface area contributed by atoms with Gasteiger partial charge in [0.05, 0.1) is 13.7 Å². The molecule has 0 spiro atoms. The Morgan fingerprint density at radius 2 is 2.17 bits per heavy atom. The summed E-state index contributed by atoms with van der Waals surface area (Å²) >= 11 is 0. The number of likely N-dealkylation sites (tertiary alicyclic amines) is 1. The Bertz CT molecular complexity index is 604. The maximum atomic E-state index is 5.55. The molecule has 2 aliphatic rings. The third kappa shape index (κ3) is 3.22. The molecule has 0 radical (unpaired) electrons. The summed E-state index contributed by atoms with van der Waals surface area (Å²) in [4.78, 5) is 6.86. The molecule has 0 bridgehead atoms. The second-order valence-electron chi connectivity index (χ2n) is 7.12. The summed E-state index contributed by atoms with van der Waals surface area (Å²) in [5, 5.41) is 3.67. The van der Waals surface area contributed by atoms with Crippen molar-refractivity contribution in [2.45, 2.75) is 31.2 Å². The van der Waals surface area contributed by atoms with Crippen LogP contribution < -0.4 is 10.1 Å². The van der Waals surface area contributed by atoms with Crippen LogP contribution in [0.5, 0.6) is 5.75 Å². The number of para-hydroxylation sites is 1. The van der Waals surface area contributed by atoms with E-state index < -0.39 is 0 Å². The molecule has 5 nitrogen and oxygen atoms in total. The average Bonchev–Trinajstić information content (AvgIpc) is 3.03. The lowest BCUT2D eigenvalue weighted by Crippen LogP contribution is -2.43. The van der Waals surface area contributed by atoms with Gasteiger partial charge in [0.15, 0.2) is 5.96 Å². The number of nitrogens with one attached hydrogen (secondary N) is 1. The number of hydrogen-bond donors (Lipinski definition) is 1. The van der Waals surface area contributed by atoms with Crippen LogP contribution in [0.3, 0.4) is 0 Å². The Morgan fingerprint density at radius 1 is 1.38 bits per heavy atom. The lowest BCUT2D eigenvalue weighted by molar-refractivity contribution is 0.157. The van der Waals surface area contributed by atoms with Crippen molar-refractivity contribution in [3.05, 3.63) is 29.8 Å². The van der Waals surface area contributed by atoms with Gasteiger partial charge in [-0.2, -0.15) is 0 Å². The largest absolute Gasteiger partial charge is 0.496 e. The summed E-state index contributed by atoms with van der Waals surface area (Å²) in [6, 6.07) is 8.72. The highest BCUT2D eigenvalue weighted by Crippen LogP contribution is 2.51. The zero-order valence-electron chi connectivity index (χ0n) is 15.2. The van der Waals surface area contributed by atoms with Gasteiger partial charge in [0, 0.05) is 50.2 Å². The Hall–Kier alpha value is -1.75. The van der Waals surface area contributed by atoms with Crippen LogP contribution in [0, 0.1) is 5.92 Å². The molecule has 1 saturated carbocycles. The zero-order chi connectivity index (χ0) is 17.2. The lowest BCUT2D eigenvalue weighted by Gasteiger charge is -2.23. The number of methoxy groups -OCH3 is 2. The van der Waals surface area contributed by atoms with E-state index in [1.165, 1.54) is 12.0 Å². The Kier molecular flexibility index (Phi) is 4.99. The minimum Gasteiger partial charge on any atom is -0.496 e. The first kappa shape index (κ1) is 17.1. The first-order chi connectivity index (χ1) is 11.6. The third-order valence-corrected chi connectivity index (χ3v) is 5.46. The SMILES string of the molecule is CN=C(NC1CC1(C)c1ccccc1OC)N1CCC(COC)C1. The van der Waals surface area contributed by atoms with E-state index in [1.54, 1.807) is 14.2 Å². The van der Waals surface area contributed by atoms with Crippen LogP contribution in [0.25, 0.3) is 0 Å². The molecule has 24 heavy (non-hydrogen) atoms. The maximum Gasteiger partial charge on any atom is 0.193 e. The summed E-state index contributed by atoms with van der Waals surface area (Å²) in [5.41, 5.74) is 1.38. The quantitative estimate of drug-likeness (QED) is 0.664. The van der Waals surface area contributed by atoms with Crippen LogP contribution in [0.2, 0.25) is 0 Å². The molecule has 1 aromatic carbocycles. The van der Waals surface area contributed by atoms with Crippen molar-refractivity contribution in [3.8, 4) is 5.75 Å². The Labute approximate surface area is 145 Å². The van der Waals surface area contributed by atoms with E-state index in [9.17, 15) is 0 Å². The number of nitrogens with zero attached hydrogens (tertiary/aromatic N) is 2. The topological polar surface area (TPSA) is 46.1 Å². The molecule has 1 aliphatic heterocycles. The van der Waals surface area contributed by atoms with Gasteiger partial charge in [-0.1, -0.05) is 25.1 Å². The molecule has 3 atom stereocenters. The van der Waals surface area contributed by atoms with Crippen molar-refractivity contribution in [1.82, 2.24) is 10.2 Å². The van der Waals surface area contributed by atoms with Gasteiger partial charge in [0.1, 0.15) is 5.75 Å². The van der Waals surface area contributed by atoms with E-state index in [0.29, 0.717) is 12.0 Å². The van der Waals surface area contributed by atoms with Crippen molar-refractivity contribution >= 4 is 5.96 Å². The van der Waals surface area contributed by atoms with Crippen LogP contribution in [0.4, 0.5) is 0 Å². The molecule has 1 N–H and O–H groups in total. The van der Waals surface area contributed by atoms with E-state index in [0.717, 1.165) is 37.8 Å². The van der Waals surface area contributed by atoms with E-state index in [4.69, 9.17) is 9.47 Å². The summed E-state index contributed by atoms with van der Waals surface area (Å²) in [6.07, 6.45) is 2.27. The van der Waals surface area contributed by atoms with E-state index >= 15 is 0 Å². The predicted molar refractivity (Wildman–Crippen MR) is 96.8 cm³/mol. The minimum atomic E-state index is 0.105. The van der Waals surface area contributed by atoms with Crippen molar-refractivity contribution in [3.63, 3.8) is 0 Å². The average molecular weight is 331 g/mol. The van der Waals surface area contributed by atoms with Crippen LogP contribution in [-0.2, 0) is 10.2 Å². The summed E-state index contributed by atoms with van der Waals surface area (Å²) in [6.45, 7) is 5.20. The first-order valence-electron chi connectivity index (χ1n) is 8.73.